The molecule has 0 saturated carbocycles. The average Bonchev–Trinajstić information content (AvgIpc) is 2.59. The summed E-state index contributed by atoms with van der Waals surface area (Å²) in [5.74, 6) is -2.32. The minimum absolute atomic E-state index is 0.0689. The maximum atomic E-state index is 14.0. The number of carbonyl (C=O) groups is 2. The normalized spacial score (nSPS) is 17.0. The van der Waals surface area contributed by atoms with Crippen LogP contribution in [-0.2, 0) is 6.42 Å². The van der Waals surface area contributed by atoms with Crippen molar-refractivity contribution in [2.45, 2.75) is 20.3 Å². The molecule has 27 heavy (non-hydrogen) atoms. The summed E-state index contributed by atoms with van der Waals surface area (Å²) in [6, 6.07) is 6.27. The minimum Gasteiger partial charge on any atom is -0.478 e. The van der Waals surface area contributed by atoms with E-state index in [-0.39, 0.29) is 17.5 Å². The number of carboxylic acid groups (broad SMARTS) is 1. The quantitative estimate of drug-likeness (QED) is 0.858. The summed E-state index contributed by atoms with van der Waals surface area (Å²) in [6.45, 7) is 4.25. The van der Waals surface area contributed by atoms with Gasteiger partial charge in [0, 0.05) is 19.2 Å². The lowest BCUT2D eigenvalue weighted by Gasteiger charge is -2.35. The highest BCUT2D eigenvalue weighted by molar-refractivity contribution is 5.96. The molecule has 0 bridgehead atoms. The van der Waals surface area contributed by atoms with Gasteiger partial charge >= 0.3 is 12.0 Å². The molecule has 2 aromatic rings. The third-order valence-electron chi connectivity index (χ3n) is 4.76. The van der Waals surface area contributed by atoms with Crippen LogP contribution >= 0.6 is 0 Å². The third-order valence-corrected chi connectivity index (χ3v) is 4.76. The van der Waals surface area contributed by atoms with Gasteiger partial charge in [-0.25, -0.2) is 18.4 Å². The van der Waals surface area contributed by atoms with Gasteiger partial charge in [0.05, 0.1) is 11.3 Å². The maximum absolute atomic E-state index is 14.0. The molecule has 0 aliphatic carbocycles. The fraction of sp³-hybridized carbons (Fsp3) is 0.300. The van der Waals surface area contributed by atoms with Crippen molar-refractivity contribution in [2.24, 2.45) is 5.92 Å². The highest BCUT2D eigenvalue weighted by Gasteiger charge is 2.29. The summed E-state index contributed by atoms with van der Waals surface area (Å²) in [7, 11) is 0. The van der Waals surface area contributed by atoms with Crippen molar-refractivity contribution in [3.63, 3.8) is 0 Å². The number of halogens is 2. The van der Waals surface area contributed by atoms with E-state index in [0.717, 1.165) is 6.07 Å². The van der Waals surface area contributed by atoms with E-state index < -0.39 is 17.6 Å². The molecule has 7 heteroatoms. The zero-order valence-electron chi connectivity index (χ0n) is 15.1. The Labute approximate surface area is 155 Å². The standard InChI is InChI=1S/C20H20F2N2O3/c1-11-5-15(19(25)26)6-12(2)18(11)24-10-13(9-23-20(24)27)7-14-3-4-16(21)8-17(14)22/h3-6,8,13H,7,9-10H2,1-2H3,(H,23,27)(H,25,26). The number of carbonyl (C=O) groups excluding carboxylic acids is 1. The fourth-order valence-corrected chi connectivity index (χ4v) is 3.57. The summed E-state index contributed by atoms with van der Waals surface area (Å²) < 4.78 is 27.0. The second-order valence-corrected chi connectivity index (χ2v) is 6.87. The summed E-state index contributed by atoms with van der Waals surface area (Å²) in [5, 5.41) is 12.0. The first-order valence-corrected chi connectivity index (χ1v) is 8.60. The van der Waals surface area contributed by atoms with Crippen molar-refractivity contribution in [1.29, 1.82) is 0 Å². The maximum Gasteiger partial charge on any atom is 0.335 e. The Morgan fingerprint density at radius 2 is 1.89 bits per heavy atom. The Morgan fingerprint density at radius 3 is 2.48 bits per heavy atom. The summed E-state index contributed by atoms with van der Waals surface area (Å²) >= 11 is 0. The number of nitrogens with zero attached hydrogens (tertiary/aromatic N) is 1. The van der Waals surface area contributed by atoms with Crippen molar-refractivity contribution < 1.29 is 23.5 Å². The van der Waals surface area contributed by atoms with Crippen LogP contribution in [-0.4, -0.2) is 30.2 Å². The van der Waals surface area contributed by atoms with Crippen molar-refractivity contribution in [3.8, 4) is 0 Å². The van der Waals surface area contributed by atoms with Gasteiger partial charge in [-0.15, -0.1) is 0 Å². The van der Waals surface area contributed by atoms with Crippen LogP contribution in [0.15, 0.2) is 30.3 Å². The fourth-order valence-electron chi connectivity index (χ4n) is 3.57. The average molecular weight is 374 g/mol. The van der Waals surface area contributed by atoms with Gasteiger partial charge in [-0.05, 0) is 61.1 Å². The van der Waals surface area contributed by atoms with Crippen molar-refractivity contribution in [2.75, 3.05) is 18.0 Å². The third kappa shape index (κ3) is 3.92. The number of anilines is 1. The summed E-state index contributed by atoms with van der Waals surface area (Å²) in [6.07, 6.45) is 0.355. The Bertz CT molecular complexity index is 891. The predicted octanol–water partition coefficient (Wildman–Crippen LogP) is 3.67. The van der Waals surface area contributed by atoms with Gasteiger partial charge < -0.3 is 10.4 Å². The molecule has 0 radical (unpaired) electrons. The summed E-state index contributed by atoms with van der Waals surface area (Å²) in [5.41, 5.74) is 2.57. The van der Waals surface area contributed by atoms with Gasteiger partial charge in [-0.1, -0.05) is 6.07 Å². The zero-order chi connectivity index (χ0) is 19.7. The van der Waals surface area contributed by atoms with Crippen LogP contribution < -0.4 is 10.2 Å². The Balaban J connectivity index is 1.86. The molecule has 142 valence electrons. The first-order valence-electron chi connectivity index (χ1n) is 8.60. The number of amides is 2. The van der Waals surface area contributed by atoms with Crippen LogP contribution in [0.3, 0.4) is 0 Å². The lowest BCUT2D eigenvalue weighted by atomic mass is 9.95. The monoisotopic (exact) mass is 374 g/mol. The first kappa shape index (κ1) is 18.8. The zero-order valence-corrected chi connectivity index (χ0v) is 15.1. The number of nitrogens with one attached hydrogen (secondary N) is 1. The predicted molar refractivity (Wildman–Crippen MR) is 97.2 cm³/mol. The van der Waals surface area contributed by atoms with Gasteiger partial charge in [0.15, 0.2) is 0 Å². The molecule has 0 spiro atoms. The topological polar surface area (TPSA) is 69.6 Å². The molecular weight excluding hydrogens is 354 g/mol. The molecule has 1 unspecified atom stereocenters. The van der Waals surface area contributed by atoms with E-state index in [1.165, 1.54) is 24.3 Å². The molecule has 3 rings (SSSR count). The van der Waals surface area contributed by atoms with Crippen LogP contribution in [0, 0.1) is 31.4 Å². The van der Waals surface area contributed by atoms with Crippen molar-refractivity contribution >= 4 is 17.7 Å². The largest absolute Gasteiger partial charge is 0.478 e. The SMILES string of the molecule is Cc1cc(C(=O)O)cc(C)c1N1CC(Cc2ccc(F)cc2F)CNC1=O. The number of aromatic carboxylic acids is 1. The minimum atomic E-state index is -1.03. The van der Waals surface area contributed by atoms with Crippen molar-refractivity contribution in [1.82, 2.24) is 5.32 Å². The molecule has 5 nitrogen and oxygen atoms in total. The molecule has 1 aliphatic rings. The van der Waals surface area contributed by atoms with E-state index in [1.807, 2.05) is 0 Å². The smallest absolute Gasteiger partial charge is 0.335 e. The number of hydrogen-bond donors (Lipinski definition) is 2. The molecule has 1 saturated heterocycles. The van der Waals surface area contributed by atoms with Gasteiger partial charge in [0.2, 0.25) is 0 Å². The van der Waals surface area contributed by atoms with Gasteiger partial charge in [-0.2, -0.15) is 0 Å². The number of hydrogen-bond acceptors (Lipinski definition) is 2. The van der Waals surface area contributed by atoms with E-state index in [9.17, 15) is 23.5 Å². The lowest BCUT2D eigenvalue weighted by molar-refractivity contribution is 0.0696. The van der Waals surface area contributed by atoms with Crippen LogP contribution in [0.4, 0.5) is 19.3 Å². The molecule has 2 amide bonds. The first-order chi connectivity index (χ1) is 12.8. The second kappa shape index (κ2) is 7.34. The Morgan fingerprint density at radius 1 is 1.22 bits per heavy atom. The molecule has 2 N–H and O–H groups in total. The van der Waals surface area contributed by atoms with E-state index in [1.54, 1.807) is 18.7 Å². The van der Waals surface area contributed by atoms with Gasteiger partial charge in [0.1, 0.15) is 11.6 Å². The van der Waals surface area contributed by atoms with E-state index >= 15 is 0 Å². The highest BCUT2D eigenvalue weighted by Crippen LogP contribution is 2.29. The number of benzene rings is 2. The molecule has 2 aromatic carbocycles. The van der Waals surface area contributed by atoms with Gasteiger partial charge in [0.25, 0.3) is 0 Å². The molecule has 1 aliphatic heterocycles. The number of carboxylic acids is 1. The summed E-state index contributed by atoms with van der Waals surface area (Å²) in [4.78, 5) is 25.2. The van der Waals surface area contributed by atoms with Crippen LogP contribution in [0.2, 0.25) is 0 Å². The van der Waals surface area contributed by atoms with Crippen LogP contribution in [0.5, 0.6) is 0 Å². The molecule has 1 heterocycles. The highest BCUT2D eigenvalue weighted by atomic mass is 19.1. The molecule has 1 atom stereocenters. The second-order valence-electron chi connectivity index (χ2n) is 6.87. The molecule has 0 aromatic heterocycles. The van der Waals surface area contributed by atoms with E-state index in [0.29, 0.717) is 41.9 Å². The Kier molecular flexibility index (Phi) is 5.12. The van der Waals surface area contributed by atoms with Crippen LogP contribution in [0.25, 0.3) is 0 Å². The van der Waals surface area contributed by atoms with Crippen molar-refractivity contribution in [3.05, 3.63) is 64.2 Å². The molecule has 1 fully saturated rings. The number of rotatable bonds is 4. The van der Waals surface area contributed by atoms with Crippen LogP contribution in [0.1, 0.15) is 27.0 Å². The lowest BCUT2D eigenvalue weighted by Crippen LogP contribution is -2.52. The number of aryl methyl sites for hydroxylation is 2. The number of urea groups is 1. The van der Waals surface area contributed by atoms with E-state index in [2.05, 4.69) is 5.32 Å². The molecular formula is C20H20F2N2O3. The van der Waals surface area contributed by atoms with Gasteiger partial charge in [-0.3, -0.25) is 4.90 Å². The Hall–Kier alpha value is -2.96. The van der Waals surface area contributed by atoms with E-state index in [4.69, 9.17) is 0 Å².